The van der Waals surface area contributed by atoms with Crippen molar-refractivity contribution >= 4 is 35.2 Å². The van der Waals surface area contributed by atoms with Crippen molar-refractivity contribution in [3.63, 3.8) is 0 Å². The molecule has 0 radical (unpaired) electrons. The molecule has 1 aliphatic rings. The highest BCUT2D eigenvalue weighted by Gasteiger charge is 2.43. The van der Waals surface area contributed by atoms with Gasteiger partial charge in [-0.2, -0.15) is 0 Å². The average Bonchev–Trinajstić information content (AvgIpc) is 3.11. The molecule has 0 spiro atoms. The minimum absolute atomic E-state index is 0.0633. The number of rotatable bonds is 3. The highest BCUT2D eigenvalue weighted by atomic mass is 15.3. The third kappa shape index (κ3) is 2.68. The van der Waals surface area contributed by atoms with Crippen LogP contribution in [0.2, 0.25) is 0 Å². The van der Waals surface area contributed by atoms with Crippen LogP contribution >= 0.6 is 0 Å². The van der Waals surface area contributed by atoms with Crippen LogP contribution in [0.3, 0.4) is 0 Å². The molecular weight excluding hydrogens is 327 g/mol. The number of benzene rings is 4. The van der Waals surface area contributed by atoms with Gasteiger partial charge in [0.1, 0.15) is 0 Å². The second kappa shape index (κ2) is 6.69. The molecule has 4 aromatic carbocycles. The van der Waals surface area contributed by atoms with E-state index in [1.165, 1.54) is 28.2 Å². The van der Waals surface area contributed by atoms with Crippen LogP contribution < -0.4 is 15.1 Å². The Labute approximate surface area is 160 Å². The van der Waals surface area contributed by atoms with E-state index < -0.39 is 0 Å². The SMILES string of the molecule is c1ccc(B2N(c3ccccc3)c3ccccc3N2c2ccccc2)cc1. The van der Waals surface area contributed by atoms with Gasteiger partial charge in [0.05, 0.1) is 11.4 Å². The predicted octanol–water partition coefficient (Wildman–Crippen LogP) is 5.37. The van der Waals surface area contributed by atoms with Crippen LogP contribution in [0, 0.1) is 0 Å². The molecule has 27 heavy (non-hydrogen) atoms. The Balaban J connectivity index is 1.77. The Kier molecular flexibility index (Phi) is 3.91. The standard InChI is InChI=1S/C24H19BN2/c1-4-12-20(13-5-1)25-26(21-14-6-2-7-15-21)23-18-10-11-19-24(23)27(25)22-16-8-3-9-17-22/h1-19H. The van der Waals surface area contributed by atoms with Crippen LogP contribution in [0.5, 0.6) is 0 Å². The lowest BCUT2D eigenvalue weighted by atomic mass is 9.64. The topological polar surface area (TPSA) is 6.48 Å². The summed E-state index contributed by atoms with van der Waals surface area (Å²) in [5.74, 6) is 0. The van der Waals surface area contributed by atoms with Crippen molar-refractivity contribution in [2.45, 2.75) is 0 Å². The molecule has 2 nitrogen and oxygen atoms in total. The van der Waals surface area contributed by atoms with Crippen molar-refractivity contribution < 1.29 is 0 Å². The molecule has 0 amide bonds. The van der Waals surface area contributed by atoms with Gasteiger partial charge in [-0.15, -0.1) is 0 Å². The lowest BCUT2D eigenvalue weighted by Crippen LogP contribution is -2.53. The first kappa shape index (κ1) is 15.8. The summed E-state index contributed by atoms with van der Waals surface area (Å²) in [5, 5.41) is 0. The molecule has 3 heteroatoms. The van der Waals surface area contributed by atoms with Gasteiger partial charge in [0.2, 0.25) is 0 Å². The van der Waals surface area contributed by atoms with Crippen LogP contribution in [-0.4, -0.2) is 6.98 Å². The van der Waals surface area contributed by atoms with Crippen molar-refractivity contribution in [3.8, 4) is 0 Å². The first-order valence-electron chi connectivity index (χ1n) is 9.26. The van der Waals surface area contributed by atoms with Crippen LogP contribution in [0.4, 0.5) is 22.7 Å². The molecule has 0 fully saturated rings. The summed E-state index contributed by atoms with van der Waals surface area (Å²) in [6, 6.07) is 40.7. The highest BCUT2D eigenvalue weighted by Crippen LogP contribution is 2.45. The molecule has 0 bridgehead atoms. The van der Waals surface area contributed by atoms with Crippen LogP contribution in [0.25, 0.3) is 0 Å². The summed E-state index contributed by atoms with van der Waals surface area (Å²) in [4.78, 5) is 4.86. The molecule has 4 aromatic rings. The minimum Gasteiger partial charge on any atom is -0.360 e. The monoisotopic (exact) mass is 346 g/mol. The van der Waals surface area contributed by atoms with Gasteiger partial charge in [-0.1, -0.05) is 78.9 Å². The van der Waals surface area contributed by atoms with E-state index in [0.717, 1.165) is 0 Å². The van der Waals surface area contributed by atoms with E-state index >= 15 is 0 Å². The maximum absolute atomic E-state index is 2.43. The van der Waals surface area contributed by atoms with E-state index in [1.807, 2.05) is 0 Å². The van der Waals surface area contributed by atoms with Crippen LogP contribution in [-0.2, 0) is 0 Å². The van der Waals surface area contributed by atoms with Gasteiger partial charge in [0.25, 0.3) is 0 Å². The van der Waals surface area contributed by atoms with E-state index in [1.54, 1.807) is 0 Å². The molecule has 0 saturated heterocycles. The third-order valence-corrected chi connectivity index (χ3v) is 5.06. The fourth-order valence-electron chi connectivity index (χ4n) is 3.91. The summed E-state index contributed by atoms with van der Waals surface area (Å²) in [6.07, 6.45) is 0. The molecule has 0 N–H and O–H groups in total. The molecule has 0 atom stereocenters. The third-order valence-electron chi connectivity index (χ3n) is 5.06. The molecule has 0 unspecified atom stereocenters. The number of fused-ring (bicyclic) bond motifs is 1. The first-order chi connectivity index (χ1) is 13.4. The molecule has 0 aliphatic carbocycles. The Morgan fingerprint density at radius 1 is 0.407 bits per heavy atom. The van der Waals surface area contributed by atoms with Gasteiger partial charge in [-0.05, 0) is 41.9 Å². The number of nitrogens with zero attached hydrogens (tertiary/aromatic N) is 2. The van der Waals surface area contributed by atoms with Crippen molar-refractivity contribution in [2.75, 3.05) is 9.62 Å². The molecule has 0 aromatic heterocycles. The Morgan fingerprint density at radius 2 is 0.778 bits per heavy atom. The van der Waals surface area contributed by atoms with Gasteiger partial charge in [-0.25, -0.2) is 0 Å². The Hall–Kier alpha value is -3.46. The van der Waals surface area contributed by atoms with Crippen LogP contribution in [0.15, 0.2) is 115 Å². The molecule has 128 valence electrons. The maximum atomic E-state index is 2.43. The second-order valence-electron chi connectivity index (χ2n) is 6.68. The molecule has 5 rings (SSSR count). The number of hydrogen-bond acceptors (Lipinski definition) is 2. The van der Waals surface area contributed by atoms with Gasteiger partial charge in [0, 0.05) is 11.4 Å². The van der Waals surface area contributed by atoms with Crippen molar-refractivity contribution in [1.29, 1.82) is 0 Å². The Bertz CT molecular complexity index is 969. The fraction of sp³-hybridized carbons (Fsp3) is 0. The van der Waals surface area contributed by atoms with Gasteiger partial charge < -0.3 is 9.62 Å². The molecule has 0 saturated carbocycles. The van der Waals surface area contributed by atoms with Gasteiger partial charge in [0.15, 0.2) is 0 Å². The van der Waals surface area contributed by atoms with Crippen molar-refractivity contribution in [3.05, 3.63) is 115 Å². The smallest absolute Gasteiger partial charge is 0.360 e. The second-order valence-corrected chi connectivity index (χ2v) is 6.68. The van der Waals surface area contributed by atoms with E-state index in [2.05, 4.69) is 125 Å². The average molecular weight is 346 g/mol. The van der Waals surface area contributed by atoms with E-state index in [-0.39, 0.29) is 6.98 Å². The summed E-state index contributed by atoms with van der Waals surface area (Å²) in [5.41, 5.74) is 6.10. The van der Waals surface area contributed by atoms with E-state index in [9.17, 15) is 0 Å². The predicted molar refractivity (Wildman–Crippen MR) is 115 cm³/mol. The lowest BCUT2D eigenvalue weighted by Gasteiger charge is -2.30. The van der Waals surface area contributed by atoms with Crippen LogP contribution in [0.1, 0.15) is 0 Å². The Morgan fingerprint density at radius 3 is 1.22 bits per heavy atom. The quantitative estimate of drug-likeness (QED) is 0.460. The van der Waals surface area contributed by atoms with Gasteiger partial charge >= 0.3 is 6.98 Å². The largest absolute Gasteiger partial charge is 0.420 e. The van der Waals surface area contributed by atoms with Crippen molar-refractivity contribution in [1.82, 2.24) is 0 Å². The summed E-state index contributed by atoms with van der Waals surface area (Å²) >= 11 is 0. The normalized spacial score (nSPS) is 13.0. The van der Waals surface area contributed by atoms with E-state index in [4.69, 9.17) is 0 Å². The number of anilines is 4. The zero-order chi connectivity index (χ0) is 18.1. The lowest BCUT2D eigenvalue weighted by molar-refractivity contribution is 1.39. The zero-order valence-electron chi connectivity index (χ0n) is 14.9. The molecule has 1 aliphatic heterocycles. The summed E-state index contributed by atoms with van der Waals surface area (Å²) < 4.78 is 0. The molecule has 1 heterocycles. The highest BCUT2D eigenvalue weighted by molar-refractivity contribution is 6.84. The minimum atomic E-state index is 0.0633. The summed E-state index contributed by atoms with van der Waals surface area (Å²) in [6.45, 7) is 0.0633. The van der Waals surface area contributed by atoms with Crippen molar-refractivity contribution in [2.24, 2.45) is 0 Å². The number of para-hydroxylation sites is 4. The number of hydrogen-bond donors (Lipinski definition) is 0. The van der Waals surface area contributed by atoms with E-state index in [0.29, 0.717) is 0 Å². The first-order valence-corrected chi connectivity index (χ1v) is 9.26. The fourth-order valence-corrected chi connectivity index (χ4v) is 3.91. The maximum Gasteiger partial charge on any atom is 0.420 e. The summed E-state index contributed by atoms with van der Waals surface area (Å²) in [7, 11) is 0. The van der Waals surface area contributed by atoms with Gasteiger partial charge in [-0.3, -0.25) is 0 Å². The zero-order valence-corrected chi connectivity index (χ0v) is 14.9. The molecular formula is C24H19BN2.